The highest BCUT2D eigenvalue weighted by Gasteiger charge is 2.42. The van der Waals surface area contributed by atoms with E-state index in [0.29, 0.717) is 45.7 Å². The van der Waals surface area contributed by atoms with Crippen LogP contribution < -0.4 is 10.9 Å². The van der Waals surface area contributed by atoms with Crippen LogP contribution in [0, 0.1) is 18.3 Å². The van der Waals surface area contributed by atoms with Gasteiger partial charge in [-0.25, -0.2) is 8.42 Å². The second kappa shape index (κ2) is 9.97. The monoisotopic (exact) mass is 528 g/mol. The van der Waals surface area contributed by atoms with E-state index in [9.17, 15) is 23.3 Å². The van der Waals surface area contributed by atoms with Gasteiger partial charge in [0, 0.05) is 18.7 Å². The number of hydrogen-bond donors (Lipinski definition) is 1. The van der Waals surface area contributed by atoms with Gasteiger partial charge in [0.05, 0.1) is 22.5 Å². The zero-order valence-corrected chi connectivity index (χ0v) is 21.7. The maximum Gasteiger partial charge on any atom is 0.270 e. The number of hydrogen-bond acceptors (Lipinski definition) is 8. The first-order chi connectivity index (χ1) is 16.7. The van der Waals surface area contributed by atoms with E-state index in [0.717, 1.165) is 17.3 Å². The van der Waals surface area contributed by atoms with E-state index in [1.54, 1.807) is 13.0 Å². The molecule has 2 saturated heterocycles. The third-order valence-electron chi connectivity index (χ3n) is 6.17. The minimum atomic E-state index is -3.19. The van der Waals surface area contributed by atoms with Gasteiger partial charge in [-0.1, -0.05) is 54.3 Å². The summed E-state index contributed by atoms with van der Waals surface area (Å²) in [6.45, 7) is 4.26. The number of carbonyl (C=O) groups excluding carboxylic acids is 1. The van der Waals surface area contributed by atoms with Crippen LogP contribution in [0.2, 0.25) is 0 Å². The lowest BCUT2D eigenvalue weighted by Gasteiger charge is -2.21. The van der Waals surface area contributed by atoms with Crippen molar-refractivity contribution in [2.45, 2.75) is 39.4 Å². The van der Waals surface area contributed by atoms with Crippen LogP contribution in [0.3, 0.4) is 0 Å². The van der Waals surface area contributed by atoms with Crippen LogP contribution in [-0.4, -0.2) is 45.7 Å². The molecule has 0 saturated carbocycles. The number of nitriles is 1. The normalized spacial score (nSPS) is 20.4. The Morgan fingerprint density at radius 1 is 1.29 bits per heavy atom. The summed E-state index contributed by atoms with van der Waals surface area (Å²) in [6, 6.07) is 11.2. The number of amides is 1. The van der Waals surface area contributed by atoms with Gasteiger partial charge < -0.3 is 5.32 Å². The number of aromatic nitrogens is 1. The Bertz CT molecular complexity index is 1440. The van der Waals surface area contributed by atoms with Gasteiger partial charge in [0.2, 0.25) is 0 Å². The fourth-order valence-electron chi connectivity index (χ4n) is 4.34. The lowest BCUT2D eigenvalue weighted by molar-refractivity contribution is -0.123. The first kappa shape index (κ1) is 25.2. The highest BCUT2D eigenvalue weighted by molar-refractivity contribution is 8.26. The number of anilines is 1. The zero-order valence-electron chi connectivity index (χ0n) is 19.3. The quantitative estimate of drug-likeness (QED) is 0.450. The average molecular weight is 529 g/mol. The summed E-state index contributed by atoms with van der Waals surface area (Å²) in [5, 5.41) is 13.0. The third-order valence-corrected chi connectivity index (χ3v) is 9.25. The second-order valence-corrected chi connectivity index (χ2v) is 12.3. The summed E-state index contributed by atoms with van der Waals surface area (Å²) in [5.41, 5.74) is 1.64. The molecule has 1 aromatic carbocycles. The molecule has 2 aromatic rings. The van der Waals surface area contributed by atoms with Gasteiger partial charge in [-0.05, 0) is 37.5 Å². The molecule has 1 aromatic heterocycles. The van der Waals surface area contributed by atoms with Crippen LogP contribution in [0.25, 0.3) is 6.08 Å². The van der Waals surface area contributed by atoms with Crippen molar-refractivity contribution in [3.05, 3.63) is 67.8 Å². The van der Waals surface area contributed by atoms with E-state index < -0.39 is 21.4 Å². The first-order valence-corrected chi connectivity index (χ1v) is 14.1. The third kappa shape index (κ3) is 4.91. The van der Waals surface area contributed by atoms with Crippen LogP contribution in [0.15, 0.2) is 40.0 Å². The van der Waals surface area contributed by atoms with Gasteiger partial charge in [0.1, 0.15) is 21.8 Å². The number of nitrogens with zero attached hydrogens (tertiary/aromatic N) is 3. The highest BCUT2D eigenvalue weighted by atomic mass is 32.2. The first-order valence-electron chi connectivity index (χ1n) is 11.1. The number of thioether (sulfide) groups is 1. The predicted molar refractivity (Wildman–Crippen MR) is 142 cm³/mol. The number of carbonyl (C=O) groups is 1. The number of rotatable bonds is 6. The molecule has 0 aliphatic carbocycles. The zero-order chi connectivity index (χ0) is 25.3. The second-order valence-electron chi connectivity index (χ2n) is 8.37. The van der Waals surface area contributed by atoms with Crippen molar-refractivity contribution < 1.29 is 13.2 Å². The van der Waals surface area contributed by atoms with Crippen LogP contribution in [0.5, 0.6) is 0 Å². The standard InChI is InChI=1S/C24H24N4O4S3/c1-3-27-21(26-13-16-7-5-4-6-8-16)18(15(2)19(12-25)22(27)29)11-20-23(30)28(24(33)34-20)17-9-10-35(31,32)14-17/h4-8,11,17,26H,3,9-10,13-14H2,1-2H3/b20-11+. The van der Waals surface area contributed by atoms with Crippen LogP contribution >= 0.6 is 24.0 Å². The number of thiocarbonyl (C=S) groups is 1. The van der Waals surface area contributed by atoms with E-state index >= 15 is 0 Å². The molecule has 1 N–H and O–H groups in total. The lowest BCUT2D eigenvalue weighted by Crippen LogP contribution is -2.39. The number of benzene rings is 1. The molecule has 3 heterocycles. The fraction of sp³-hybridized carbons (Fsp3) is 0.333. The minimum Gasteiger partial charge on any atom is -0.367 e. The molecule has 2 aliphatic rings. The van der Waals surface area contributed by atoms with E-state index in [-0.39, 0.29) is 23.0 Å². The van der Waals surface area contributed by atoms with Crippen molar-refractivity contribution in [1.29, 1.82) is 5.26 Å². The van der Waals surface area contributed by atoms with Gasteiger partial charge in [-0.3, -0.25) is 19.1 Å². The topological polar surface area (TPSA) is 112 Å². The van der Waals surface area contributed by atoms with Gasteiger partial charge in [-0.2, -0.15) is 5.26 Å². The molecule has 2 aliphatic heterocycles. The van der Waals surface area contributed by atoms with E-state index in [1.165, 1.54) is 9.47 Å². The smallest absolute Gasteiger partial charge is 0.270 e. The van der Waals surface area contributed by atoms with Crippen molar-refractivity contribution in [3.63, 3.8) is 0 Å². The van der Waals surface area contributed by atoms with E-state index in [4.69, 9.17) is 12.2 Å². The Morgan fingerprint density at radius 2 is 2.00 bits per heavy atom. The number of nitrogens with one attached hydrogen (secondary N) is 1. The molecule has 11 heteroatoms. The van der Waals surface area contributed by atoms with Gasteiger partial charge in [0.15, 0.2) is 9.84 Å². The molecule has 8 nitrogen and oxygen atoms in total. The van der Waals surface area contributed by atoms with E-state index in [2.05, 4.69) is 5.32 Å². The summed E-state index contributed by atoms with van der Waals surface area (Å²) in [6.07, 6.45) is 2.00. The van der Waals surface area contributed by atoms with Crippen molar-refractivity contribution in [1.82, 2.24) is 9.47 Å². The Hall–Kier alpha value is -2.94. The van der Waals surface area contributed by atoms with Crippen LogP contribution in [0.1, 0.15) is 35.6 Å². The molecular formula is C24H24N4O4S3. The summed E-state index contributed by atoms with van der Waals surface area (Å²) in [4.78, 5) is 28.0. The Balaban J connectivity index is 1.78. The lowest BCUT2D eigenvalue weighted by atomic mass is 10.0. The highest BCUT2D eigenvalue weighted by Crippen LogP contribution is 2.37. The van der Waals surface area contributed by atoms with Gasteiger partial charge in [0.25, 0.3) is 11.5 Å². The molecule has 4 rings (SSSR count). The molecule has 1 amide bonds. The fourth-order valence-corrected chi connectivity index (χ4v) is 7.42. The average Bonchev–Trinajstić information content (AvgIpc) is 3.32. The van der Waals surface area contributed by atoms with E-state index in [1.807, 2.05) is 43.3 Å². The number of pyridine rings is 1. The van der Waals surface area contributed by atoms with Gasteiger partial charge >= 0.3 is 0 Å². The predicted octanol–water partition coefficient (Wildman–Crippen LogP) is 3.05. The molecule has 2 fully saturated rings. The summed E-state index contributed by atoms with van der Waals surface area (Å²) in [5.74, 6) is 0.0809. The molecule has 0 spiro atoms. The maximum atomic E-state index is 13.3. The molecule has 182 valence electrons. The summed E-state index contributed by atoms with van der Waals surface area (Å²) < 4.78 is 25.7. The van der Waals surface area contributed by atoms with Crippen LogP contribution in [0.4, 0.5) is 5.82 Å². The molecule has 1 unspecified atom stereocenters. The maximum absolute atomic E-state index is 13.3. The van der Waals surface area contributed by atoms with Crippen LogP contribution in [-0.2, 0) is 27.7 Å². The Kier molecular flexibility index (Phi) is 7.17. The van der Waals surface area contributed by atoms with Crippen molar-refractivity contribution in [3.8, 4) is 6.07 Å². The molecule has 0 radical (unpaired) electrons. The SMILES string of the molecule is CCn1c(NCc2ccccc2)c(/C=C2/SC(=S)N(C3CCS(=O)(=O)C3)C2=O)c(C)c(C#N)c1=O. The van der Waals surface area contributed by atoms with Crippen molar-refractivity contribution in [2.24, 2.45) is 0 Å². The molecule has 35 heavy (non-hydrogen) atoms. The number of sulfone groups is 1. The molecule has 1 atom stereocenters. The minimum absolute atomic E-state index is 0.0146. The Labute approximate surface area is 213 Å². The Morgan fingerprint density at radius 3 is 2.60 bits per heavy atom. The van der Waals surface area contributed by atoms with Gasteiger partial charge in [-0.15, -0.1) is 0 Å². The largest absolute Gasteiger partial charge is 0.367 e. The summed E-state index contributed by atoms with van der Waals surface area (Å²) >= 11 is 6.53. The van der Waals surface area contributed by atoms with Crippen molar-refractivity contribution >= 4 is 55.9 Å². The summed E-state index contributed by atoms with van der Waals surface area (Å²) in [7, 11) is -3.19. The molecular weight excluding hydrogens is 504 g/mol. The molecule has 0 bridgehead atoms. The van der Waals surface area contributed by atoms with Crippen molar-refractivity contribution in [2.75, 3.05) is 16.8 Å².